The molecule has 121 valence electrons. The van der Waals surface area contributed by atoms with E-state index in [1.807, 2.05) is 0 Å². The summed E-state index contributed by atoms with van der Waals surface area (Å²) in [6.45, 7) is 2.27. The third-order valence-corrected chi connectivity index (χ3v) is 4.11. The Balaban J connectivity index is 3.10. The van der Waals surface area contributed by atoms with Crippen molar-refractivity contribution in [1.82, 2.24) is 0 Å². The van der Waals surface area contributed by atoms with Crippen molar-refractivity contribution in [3.8, 4) is 0 Å². The van der Waals surface area contributed by atoms with Gasteiger partial charge in [-0.2, -0.15) is 0 Å². The number of hydrogen-bond acceptors (Lipinski definition) is 2. The molecule has 0 bridgehead atoms. The van der Waals surface area contributed by atoms with Gasteiger partial charge in [0.2, 0.25) is 0 Å². The standard InChI is InChI=1S/C18H34O2.Ti/c1-2-3-4-5-6-7-8-9-10-11-12-13-14-15-16-17-18(19)20;/h9-10H,2-8,11-17H2,1H3,(H,19,20);/q;+1/p-1/b10-9-;. The van der Waals surface area contributed by atoms with Crippen molar-refractivity contribution in [3.05, 3.63) is 12.2 Å². The van der Waals surface area contributed by atoms with Gasteiger partial charge in [0.1, 0.15) is 0 Å². The Morgan fingerprint density at radius 1 is 0.810 bits per heavy atom. The van der Waals surface area contributed by atoms with Gasteiger partial charge in [-0.25, -0.2) is 0 Å². The Morgan fingerprint density at radius 3 is 1.81 bits per heavy atom. The van der Waals surface area contributed by atoms with E-state index in [9.17, 15) is 4.79 Å². The molecular formula is C18H33O2Ti. The van der Waals surface area contributed by atoms with Crippen LogP contribution in [0.4, 0.5) is 0 Å². The van der Waals surface area contributed by atoms with Gasteiger partial charge in [0.15, 0.2) is 0 Å². The van der Waals surface area contributed by atoms with Crippen molar-refractivity contribution >= 4 is 5.97 Å². The number of carbonyl (C=O) groups is 1. The zero-order valence-electron chi connectivity index (χ0n) is 13.9. The molecule has 0 heterocycles. The molecule has 0 saturated carbocycles. The monoisotopic (exact) mass is 329 g/mol. The summed E-state index contributed by atoms with van der Waals surface area (Å²) in [5.74, 6) is -0.0763. The van der Waals surface area contributed by atoms with Crippen molar-refractivity contribution in [1.29, 1.82) is 0 Å². The molecule has 0 spiro atoms. The molecule has 0 atom stereocenters. The summed E-state index contributed by atoms with van der Waals surface area (Å²) < 4.78 is 4.62. The molecule has 0 saturated heterocycles. The predicted molar refractivity (Wildman–Crippen MR) is 85.5 cm³/mol. The van der Waals surface area contributed by atoms with E-state index in [-0.39, 0.29) is 5.97 Å². The average Bonchev–Trinajstić information content (AvgIpc) is 2.50. The van der Waals surface area contributed by atoms with Gasteiger partial charge < -0.3 is 0 Å². The molecular weight excluding hydrogens is 296 g/mol. The van der Waals surface area contributed by atoms with Gasteiger partial charge in [-0.3, -0.25) is 0 Å². The zero-order chi connectivity index (χ0) is 15.6. The van der Waals surface area contributed by atoms with Gasteiger partial charge >= 0.3 is 98.4 Å². The topological polar surface area (TPSA) is 26.3 Å². The number of carbonyl (C=O) groups excluding carboxylic acids is 1. The first kappa shape index (κ1) is 20.9. The first-order valence-electron chi connectivity index (χ1n) is 8.82. The molecule has 0 aromatic carbocycles. The third-order valence-electron chi connectivity index (χ3n) is 3.76. The number of hydrogen-bond donors (Lipinski definition) is 0. The molecule has 0 aliphatic carbocycles. The summed E-state index contributed by atoms with van der Waals surface area (Å²) in [5, 5.41) is 0. The second-order valence-corrected chi connectivity index (χ2v) is 6.13. The molecule has 0 aliphatic rings. The third kappa shape index (κ3) is 17.9. The quantitative estimate of drug-likeness (QED) is 0.208. The Hall–Kier alpha value is -0.0757. The van der Waals surface area contributed by atoms with Crippen molar-refractivity contribution in [3.63, 3.8) is 0 Å². The number of rotatable bonds is 15. The van der Waals surface area contributed by atoms with E-state index in [0.717, 1.165) is 12.8 Å². The average molecular weight is 329 g/mol. The van der Waals surface area contributed by atoms with Crippen LogP contribution in [0, 0.1) is 0 Å². The molecule has 3 heteroatoms. The normalized spacial score (nSPS) is 11.0. The van der Waals surface area contributed by atoms with Gasteiger partial charge in [-0.15, -0.1) is 0 Å². The fraction of sp³-hybridized carbons (Fsp3) is 0.833. The van der Waals surface area contributed by atoms with E-state index in [1.165, 1.54) is 91.5 Å². The van der Waals surface area contributed by atoms with Crippen LogP contribution in [0.3, 0.4) is 0 Å². The van der Waals surface area contributed by atoms with Crippen LogP contribution in [-0.4, -0.2) is 5.97 Å². The van der Waals surface area contributed by atoms with Crippen LogP contribution < -0.4 is 0 Å². The minimum atomic E-state index is -0.0763. The summed E-state index contributed by atoms with van der Waals surface area (Å²) >= 11 is 1.46. The van der Waals surface area contributed by atoms with Crippen molar-refractivity contribution in [2.75, 3.05) is 0 Å². The van der Waals surface area contributed by atoms with Crippen LogP contribution >= 0.6 is 0 Å². The molecule has 2 nitrogen and oxygen atoms in total. The van der Waals surface area contributed by atoms with Crippen LogP contribution in [0.15, 0.2) is 12.2 Å². The zero-order valence-corrected chi connectivity index (χ0v) is 15.4. The summed E-state index contributed by atoms with van der Waals surface area (Å²) in [6, 6.07) is 0. The molecule has 0 aliphatic heterocycles. The Morgan fingerprint density at radius 2 is 1.29 bits per heavy atom. The minimum absolute atomic E-state index is 0.0763. The van der Waals surface area contributed by atoms with Gasteiger partial charge in [0.25, 0.3) is 0 Å². The van der Waals surface area contributed by atoms with Crippen molar-refractivity contribution < 1.29 is 28.9 Å². The molecule has 0 unspecified atom stereocenters. The van der Waals surface area contributed by atoms with E-state index < -0.39 is 0 Å². The first-order valence-corrected chi connectivity index (χ1v) is 9.46. The molecule has 0 amide bonds. The van der Waals surface area contributed by atoms with E-state index in [4.69, 9.17) is 0 Å². The van der Waals surface area contributed by atoms with Crippen LogP contribution in [0.2, 0.25) is 0 Å². The Bertz CT molecular complexity index is 252. The van der Waals surface area contributed by atoms with Gasteiger partial charge in [0.05, 0.1) is 0 Å². The summed E-state index contributed by atoms with van der Waals surface area (Å²) in [5.41, 5.74) is 0. The fourth-order valence-electron chi connectivity index (χ4n) is 2.39. The second kappa shape index (κ2) is 18.0. The van der Waals surface area contributed by atoms with Crippen molar-refractivity contribution in [2.24, 2.45) is 0 Å². The molecule has 0 N–H and O–H groups in total. The molecule has 0 aromatic rings. The number of allylic oxidation sites excluding steroid dienone is 2. The summed E-state index contributed by atoms with van der Waals surface area (Å²) in [7, 11) is 0. The molecule has 0 rings (SSSR count). The molecule has 0 fully saturated rings. The molecule has 21 heavy (non-hydrogen) atoms. The van der Waals surface area contributed by atoms with E-state index in [0.29, 0.717) is 6.42 Å². The Labute approximate surface area is 144 Å². The fourth-order valence-corrected chi connectivity index (χ4v) is 2.55. The second-order valence-electron chi connectivity index (χ2n) is 5.81. The molecule has 0 aromatic heterocycles. The van der Waals surface area contributed by atoms with Gasteiger partial charge in [-0.1, -0.05) is 39.0 Å². The maximum absolute atomic E-state index is 10.9. The summed E-state index contributed by atoms with van der Waals surface area (Å²) in [6.07, 6.45) is 22.0. The maximum atomic E-state index is 10.9. The van der Waals surface area contributed by atoms with E-state index in [1.54, 1.807) is 0 Å². The van der Waals surface area contributed by atoms with Gasteiger partial charge in [-0.05, 0) is 6.42 Å². The van der Waals surface area contributed by atoms with Gasteiger partial charge in [0, 0.05) is 0 Å². The molecule has 0 radical (unpaired) electrons. The predicted octanol–water partition coefficient (Wildman–Crippen LogP) is 6.03. The van der Waals surface area contributed by atoms with Crippen molar-refractivity contribution in [2.45, 2.75) is 96.8 Å². The summed E-state index contributed by atoms with van der Waals surface area (Å²) in [4.78, 5) is 10.9. The van der Waals surface area contributed by atoms with Crippen LogP contribution in [0.25, 0.3) is 0 Å². The Kier molecular flexibility index (Phi) is 17.9. The number of unbranched alkanes of at least 4 members (excludes halogenated alkanes) is 11. The van der Waals surface area contributed by atoms with Crippen LogP contribution in [-0.2, 0) is 28.9 Å². The van der Waals surface area contributed by atoms with E-state index >= 15 is 0 Å². The van der Waals surface area contributed by atoms with E-state index in [2.05, 4.69) is 22.4 Å². The first-order chi connectivity index (χ1) is 10.3. The van der Waals surface area contributed by atoms with Crippen LogP contribution in [0.5, 0.6) is 0 Å². The van der Waals surface area contributed by atoms with Crippen LogP contribution in [0.1, 0.15) is 96.8 Å². The SMILES string of the molecule is CCCCCCCC/C=C\CCCCCCCC(=O)[O][Ti].